The Morgan fingerprint density at radius 3 is 2.18 bits per heavy atom. The number of ketones is 2. The summed E-state index contributed by atoms with van der Waals surface area (Å²) in [7, 11) is -15.0. The minimum atomic E-state index is -6.06. The van der Waals surface area contributed by atoms with E-state index in [0.717, 1.165) is 11.1 Å². The molecule has 4 aliphatic heterocycles. The number of nitrogens with zero attached hydrogens (tertiary/aromatic N) is 1. The molecule has 1 aromatic rings. The molecule has 7 aliphatic rings. The average molecular weight is 999 g/mol. The average Bonchev–Trinajstić information content (AvgIpc) is 3.36. The minimum absolute atomic E-state index is 0.0463. The van der Waals surface area contributed by atoms with Gasteiger partial charge in [0, 0.05) is 42.6 Å². The van der Waals surface area contributed by atoms with Gasteiger partial charge in [0.1, 0.15) is 22.7 Å². The van der Waals surface area contributed by atoms with Crippen LogP contribution >= 0.6 is 23.5 Å². The standard InChI is InChI=1S/C44H61N2O18P3/c1-25(2)12-11-17-41(8)18-16-29-34(59-41)28(14-13-26(3)4)35-31(36(29)61-66(53,54)64-67(55,56)63-65(50,51)52)33(47)32-37(46-20-22-58-23-21-46)42(45-9)24-30-40(6,7)62-43(39(42)49,44(30,32)60-35)19-15-27(5)38(48)57-10/h12-13,15-16,18,30,32,37,45H,11,14,17,19-24H2,1-10H3,(H,53,54)(H,55,56)(H2,50,51,52)/b27-15-. The molecule has 5 fully saturated rings. The van der Waals surface area contributed by atoms with Crippen molar-refractivity contribution in [2.45, 2.75) is 121 Å². The van der Waals surface area contributed by atoms with Gasteiger partial charge in [-0.1, -0.05) is 29.4 Å². The molecule has 5 N–H and O–H groups in total. The van der Waals surface area contributed by atoms with Crippen LogP contribution in [-0.2, 0) is 52.5 Å². The van der Waals surface area contributed by atoms with Gasteiger partial charge in [-0.25, -0.2) is 18.5 Å². The number of ether oxygens (including phenoxy) is 5. The Morgan fingerprint density at radius 2 is 1.58 bits per heavy atom. The van der Waals surface area contributed by atoms with E-state index in [9.17, 15) is 38.1 Å². The van der Waals surface area contributed by atoms with Crippen LogP contribution in [0.3, 0.4) is 0 Å². The highest BCUT2D eigenvalue weighted by Crippen LogP contribution is 2.73. The van der Waals surface area contributed by atoms with E-state index >= 15 is 9.59 Å². The van der Waals surface area contributed by atoms with Crippen LogP contribution in [0.25, 0.3) is 6.08 Å². The Bertz CT molecular complexity index is 2520. The molecule has 0 amide bonds. The maximum Gasteiger partial charge on any atom is 0.536 e. The zero-order chi connectivity index (χ0) is 49.5. The SMILES string of the molecule is CNC12CC3C(C)(C)OC(C/C=C(/C)C(=O)OC)(C1=O)C31Oc3c(CC=C(C)C)c4c(c(OP(=O)(O)OP(=O)(O)OP(=O)(O)O)c3C(=O)C1C2N1CCOCC1)C=CC(C)(CCC=C(C)C)O4. The largest absolute Gasteiger partial charge is 0.536 e. The maximum absolute atomic E-state index is 16.5. The number of methoxy groups -OCH3 is 1. The number of hydrogen-bond acceptors (Lipinski definition) is 16. The Labute approximate surface area is 389 Å². The summed E-state index contributed by atoms with van der Waals surface area (Å²) in [4.78, 5) is 87.5. The fourth-order valence-corrected chi connectivity index (χ4v) is 14.2. The van der Waals surface area contributed by atoms with Gasteiger partial charge in [0.25, 0.3) is 0 Å². The molecule has 9 unspecified atom stereocenters. The van der Waals surface area contributed by atoms with Gasteiger partial charge in [-0.3, -0.25) is 19.4 Å². The number of rotatable bonds is 16. The molecule has 9 atom stereocenters. The van der Waals surface area contributed by atoms with Gasteiger partial charge >= 0.3 is 29.4 Å². The Morgan fingerprint density at radius 1 is 0.925 bits per heavy atom. The van der Waals surface area contributed by atoms with E-state index < -0.39 is 98.1 Å². The number of esters is 1. The molecular formula is C44H61N2O18P3. The molecule has 4 bridgehead atoms. The maximum atomic E-state index is 16.5. The molecule has 1 spiro atoms. The van der Waals surface area contributed by atoms with Crippen molar-refractivity contribution in [2.24, 2.45) is 11.8 Å². The Balaban J connectivity index is 1.58. The fourth-order valence-electron chi connectivity index (χ4n) is 11.2. The lowest BCUT2D eigenvalue weighted by Crippen LogP contribution is -2.90. The molecule has 4 heterocycles. The normalized spacial score (nSPS) is 32.4. The molecule has 370 valence electrons. The summed E-state index contributed by atoms with van der Waals surface area (Å²) >= 11 is 0. The van der Waals surface area contributed by atoms with E-state index in [-0.39, 0.29) is 55.1 Å². The van der Waals surface area contributed by atoms with Crippen LogP contribution in [0.2, 0.25) is 0 Å². The molecule has 1 aromatic carbocycles. The summed E-state index contributed by atoms with van der Waals surface area (Å²) in [6, 6.07) is -0.969. The van der Waals surface area contributed by atoms with Gasteiger partial charge in [0.15, 0.2) is 28.5 Å². The van der Waals surface area contributed by atoms with E-state index in [0.29, 0.717) is 31.5 Å². The molecule has 23 heteroatoms. The van der Waals surface area contributed by atoms with Crippen molar-refractivity contribution in [1.29, 1.82) is 0 Å². The number of allylic oxidation sites excluding steroid dienone is 4. The van der Waals surface area contributed by atoms with Gasteiger partial charge < -0.3 is 48.2 Å². The number of Topliss-reactive ketones (excluding diaryl/α,β-unsaturated/α-hetero) is 2. The van der Waals surface area contributed by atoms with E-state index in [4.69, 9.17) is 28.2 Å². The van der Waals surface area contributed by atoms with Crippen LogP contribution in [0, 0.1) is 11.8 Å². The quantitative estimate of drug-likeness (QED) is 0.0545. The summed E-state index contributed by atoms with van der Waals surface area (Å²) in [6.45, 7) is 15.7. The lowest BCUT2D eigenvalue weighted by molar-refractivity contribution is -0.223. The van der Waals surface area contributed by atoms with Crippen molar-refractivity contribution in [3.63, 3.8) is 0 Å². The molecule has 3 aliphatic carbocycles. The number of carbonyl (C=O) groups is 3. The first-order chi connectivity index (χ1) is 31.0. The fraction of sp³-hybridized carbons (Fsp3) is 0.614. The van der Waals surface area contributed by atoms with E-state index in [1.165, 1.54) is 26.2 Å². The molecule has 3 saturated carbocycles. The summed E-state index contributed by atoms with van der Waals surface area (Å²) in [6.07, 6.45) is 9.61. The molecule has 20 nitrogen and oxygen atoms in total. The monoisotopic (exact) mass is 998 g/mol. The van der Waals surface area contributed by atoms with Crippen LogP contribution < -0.4 is 19.3 Å². The van der Waals surface area contributed by atoms with Crippen molar-refractivity contribution in [1.82, 2.24) is 10.2 Å². The van der Waals surface area contributed by atoms with Crippen molar-refractivity contribution in [3.8, 4) is 17.2 Å². The number of fused-ring (bicyclic) bond motifs is 2. The summed E-state index contributed by atoms with van der Waals surface area (Å²) in [5.74, 6) is -4.66. The number of phosphoric ester groups is 1. The number of likely N-dealkylation sites (N-methyl/N-ethyl adjacent to an activating group) is 1. The van der Waals surface area contributed by atoms with Crippen LogP contribution in [0.1, 0.15) is 103 Å². The van der Waals surface area contributed by atoms with Crippen LogP contribution in [-0.4, -0.2) is 116 Å². The topological polar surface area (TPSA) is 272 Å². The minimum Gasteiger partial charge on any atom is -0.482 e. The zero-order valence-corrected chi connectivity index (χ0v) is 42.0. The predicted molar refractivity (Wildman–Crippen MR) is 241 cm³/mol. The van der Waals surface area contributed by atoms with Crippen molar-refractivity contribution < 1.29 is 84.5 Å². The first-order valence-electron chi connectivity index (χ1n) is 22.0. The highest BCUT2D eigenvalue weighted by molar-refractivity contribution is 7.66. The number of phosphoric acid groups is 3. The number of nitrogens with one attached hydrogen (secondary N) is 1. The molecule has 2 saturated heterocycles. The summed E-state index contributed by atoms with van der Waals surface area (Å²) < 4.78 is 84.7. The summed E-state index contributed by atoms with van der Waals surface area (Å²) in [5.41, 5.74) is -5.60. The molecule has 67 heavy (non-hydrogen) atoms. The summed E-state index contributed by atoms with van der Waals surface area (Å²) in [5, 5.41) is 3.34. The Kier molecular flexibility index (Phi) is 13.7. The van der Waals surface area contributed by atoms with Crippen LogP contribution in [0.5, 0.6) is 17.2 Å². The van der Waals surface area contributed by atoms with E-state index in [2.05, 4.69) is 13.9 Å². The first-order valence-corrected chi connectivity index (χ1v) is 26.5. The lowest BCUT2D eigenvalue weighted by atomic mass is 9.42. The number of hydrogen-bond donors (Lipinski definition) is 5. The third-order valence-corrected chi connectivity index (χ3v) is 17.6. The van der Waals surface area contributed by atoms with Gasteiger partial charge in [-0.15, -0.1) is 0 Å². The second kappa shape index (κ2) is 17.8. The lowest BCUT2D eigenvalue weighted by Gasteiger charge is -2.68. The van der Waals surface area contributed by atoms with Crippen LogP contribution in [0.15, 0.2) is 41.0 Å². The highest BCUT2D eigenvalue weighted by Gasteiger charge is 2.89. The van der Waals surface area contributed by atoms with Gasteiger partial charge in [-0.05, 0) is 100 Å². The van der Waals surface area contributed by atoms with E-state index in [1.807, 2.05) is 65.5 Å². The second-order valence-corrected chi connectivity index (χ2v) is 23.6. The number of morpholine rings is 1. The van der Waals surface area contributed by atoms with Gasteiger partial charge in [0.2, 0.25) is 0 Å². The second-order valence-electron chi connectivity index (χ2n) is 19.2. The number of carbonyl (C=O) groups excluding carboxylic acids is 3. The number of benzene rings is 1. The predicted octanol–water partition coefficient (Wildman–Crippen LogP) is 6.06. The third-order valence-electron chi connectivity index (χ3n) is 13.9. The van der Waals surface area contributed by atoms with E-state index in [1.54, 1.807) is 13.1 Å². The van der Waals surface area contributed by atoms with Crippen molar-refractivity contribution in [3.05, 3.63) is 57.7 Å². The molecule has 0 aromatic heterocycles. The highest BCUT2D eigenvalue weighted by atomic mass is 31.3. The zero-order valence-electron chi connectivity index (χ0n) is 39.3. The third kappa shape index (κ3) is 8.94. The molecule has 8 rings (SSSR count). The van der Waals surface area contributed by atoms with Crippen LogP contribution in [0.4, 0.5) is 0 Å². The van der Waals surface area contributed by atoms with Gasteiger partial charge in [-0.2, -0.15) is 8.62 Å². The first kappa shape index (κ1) is 51.5. The van der Waals surface area contributed by atoms with Crippen molar-refractivity contribution in [2.75, 3.05) is 40.5 Å². The van der Waals surface area contributed by atoms with Gasteiger partial charge in [0.05, 0.1) is 42.9 Å². The smallest absolute Gasteiger partial charge is 0.482 e. The Hall–Kier alpha value is -3.32. The van der Waals surface area contributed by atoms with Crippen molar-refractivity contribution >= 4 is 47.1 Å². The molecular weight excluding hydrogens is 937 g/mol. The molecule has 0 radical (unpaired) electrons.